The minimum absolute atomic E-state index is 0.985. The zero-order chi connectivity index (χ0) is 25.7. The molecule has 1 aliphatic heterocycles. The quantitative estimate of drug-likeness (QED) is 0.207. The van der Waals surface area contributed by atoms with Crippen molar-refractivity contribution in [3.63, 3.8) is 0 Å². The Balaban J connectivity index is 1.54. The van der Waals surface area contributed by atoms with E-state index < -0.39 is 0 Å². The van der Waals surface area contributed by atoms with Gasteiger partial charge in [-0.15, -0.1) is 11.3 Å². The highest BCUT2D eigenvalue weighted by atomic mass is 32.1. The van der Waals surface area contributed by atoms with Gasteiger partial charge < -0.3 is 0 Å². The number of aryl methyl sites for hydroxylation is 1. The number of benzene rings is 5. The molecule has 4 heterocycles. The van der Waals surface area contributed by atoms with Crippen molar-refractivity contribution >= 4 is 70.1 Å². The molecule has 8 aromatic rings. The Hall–Kier alpha value is -4.47. The topological polar surface area (TPSA) is 16.8 Å². The third-order valence-electron chi connectivity index (χ3n) is 8.62. The third kappa shape index (κ3) is 2.88. The Labute approximate surface area is 229 Å². The number of aromatic nitrogens is 1. The highest BCUT2D eigenvalue weighted by molar-refractivity contribution is 7.26. The average Bonchev–Trinajstić information content (AvgIpc) is 3.61. The lowest BCUT2D eigenvalue weighted by Crippen LogP contribution is -2.27. The summed E-state index contributed by atoms with van der Waals surface area (Å²) in [4.78, 5) is 5.47. The number of para-hydroxylation sites is 1. The van der Waals surface area contributed by atoms with Crippen molar-refractivity contribution in [2.24, 2.45) is 4.99 Å². The van der Waals surface area contributed by atoms with Crippen LogP contribution in [-0.2, 0) is 6.42 Å². The molecular weight excluding hydrogens is 492 g/mol. The van der Waals surface area contributed by atoms with Crippen LogP contribution < -0.4 is 10.6 Å². The molecule has 1 aliphatic rings. The predicted octanol–water partition coefficient (Wildman–Crippen LogP) is 8.79. The van der Waals surface area contributed by atoms with Crippen LogP contribution in [0.25, 0.3) is 64.1 Å². The molecule has 5 aromatic carbocycles. The molecule has 0 bridgehead atoms. The van der Waals surface area contributed by atoms with Crippen LogP contribution in [0.4, 0.5) is 5.82 Å². The van der Waals surface area contributed by atoms with Crippen LogP contribution in [0, 0.1) is 0 Å². The molecule has 0 aliphatic carbocycles. The lowest BCUT2D eigenvalue weighted by atomic mass is 9.96. The van der Waals surface area contributed by atoms with E-state index in [2.05, 4.69) is 114 Å². The van der Waals surface area contributed by atoms with E-state index in [1.807, 2.05) is 11.3 Å². The van der Waals surface area contributed by atoms with Crippen LogP contribution in [0.5, 0.6) is 0 Å². The Morgan fingerprint density at radius 2 is 1.49 bits per heavy atom. The standard InChI is InChI=1S/C36H24N2S/c1-21-15-17-27-34-33-26-12-6-8-14-31(26)39-32(33)20-28-25-18-16-23(22-9-3-2-4-10-22)19-30(25)38(35(28)34)36(27)37-29-13-7-5-11-24(21)29/h2-14,16,18-20H,15,17H2,1H3/b24-21+,37-29-. The molecular formula is C36H24N2S. The smallest absolute Gasteiger partial charge is 0.142 e. The molecule has 0 amide bonds. The van der Waals surface area contributed by atoms with Crippen molar-refractivity contribution in [3.8, 4) is 11.1 Å². The molecule has 184 valence electrons. The first-order valence-corrected chi connectivity index (χ1v) is 14.4. The molecule has 3 aromatic heterocycles. The minimum atomic E-state index is 0.985. The molecule has 0 unspecified atom stereocenters. The van der Waals surface area contributed by atoms with Gasteiger partial charge in [0.1, 0.15) is 5.82 Å². The highest BCUT2D eigenvalue weighted by Crippen LogP contribution is 2.49. The van der Waals surface area contributed by atoms with Crippen LogP contribution in [0.3, 0.4) is 0 Å². The second-order valence-electron chi connectivity index (χ2n) is 10.8. The van der Waals surface area contributed by atoms with Gasteiger partial charge in [0.2, 0.25) is 0 Å². The first kappa shape index (κ1) is 21.5. The van der Waals surface area contributed by atoms with Crippen molar-refractivity contribution in [2.45, 2.75) is 19.8 Å². The van der Waals surface area contributed by atoms with Gasteiger partial charge in [-0.05, 0) is 60.4 Å². The average molecular weight is 517 g/mol. The van der Waals surface area contributed by atoms with Gasteiger partial charge in [-0.1, -0.05) is 84.4 Å². The molecule has 0 spiro atoms. The van der Waals surface area contributed by atoms with Gasteiger partial charge in [0.25, 0.3) is 0 Å². The number of rotatable bonds is 1. The normalized spacial score (nSPS) is 16.0. The van der Waals surface area contributed by atoms with E-state index in [-0.39, 0.29) is 0 Å². The van der Waals surface area contributed by atoms with E-state index in [4.69, 9.17) is 4.99 Å². The third-order valence-corrected chi connectivity index (χ3v) is 9.74. The molecule has 39 heavy (non-hydrogen) atoms. The second-order valence-corrected chi connectivity index (χ2v) is 11.8. The molecule has 3 heteroatoms. The van der Waals surface area contributed by atoms with Crippen LogP contribution in [-0.4, -0.2) is 4.40 Å². The highest BCUT2D eigenvalue weighted by Gasteiger charge is 2.26. The van der Waals surface area contributed by atoms with E-state index in [9.17, 15) is 0 Å². The lowest BCUT2D eigenvalue weighted by Gasteiger charge is -2.10. The van der Waals surface area contributed by atoms with E-state index >= 15 is 0 Å². The maximum atomic E-state index is 5.47. The largest absolute Gasteiger partial charge is 0.293 e. The number of hydrogen-bond donors (Lipinski definition) is 0. The Morgan fingerprint density at radius 1 is 0.667 bits per heavy atom. The number of fused-ring (bicyclic) bond motifs is 11. The lowest BCUT2D eigenvalue weighted by molar-refractivity contribution is 0.985. The Bertz CT molecular complexity index is 2390. The number of nitrogens with zero attached hydrogens (tertiary/aromatic N) is 2. The van der Waals surface area contributed by atoms with E-state index in [0.717, 1.165) is 24.0 Å². The maximum absolute atomic E-state index is 5.47. The van der Waals surface area contributed by atoms with Crippen LogP contribution in [0.2, 0.25) is 0 Å². The zero-order valence-corrected chi connectivity index (χ0v) is 22.3. The summed E-state index contributed by atoms with van der Waals surface area (Å²) in [5, 5.41) is 9.10. The minimum Gasteiger partial charge on any atom is -0.293 e. The summed E-state index contributed by atoms with van der Waals surface area (Å²) in [5.74, 6) is 1.10. The molecule has 0 saturated heterocycles. The molecule has 0 fully saturated rings. The maximum Gasteiger partial charge on any atom is 0.142 e. The summed E-state index contributed by atoms with van der Waals surface area (Å²) < 4.78 is 5.19. The van der Waals surface area contributed by atoms with Gasteiger partial charge in [0.05, 0.1) is 16.4 Å². The molecule has 9 rings (SSSR count). The van der Waals surface area contributed by atoms with E-state index in [0.29, 0.717) is 0 Å². The van der Waals surface area contributed by atoms with E-state index in [1.54, 1.807) is 0 Å². The van der Waals surface area contributed by atoms with Crippen molar-refractivity contribution < 1.29 is 0 Å². The van der Waals surface area contributed by atoms with Crippen molar-refractivity contribution in [3.05, 3.63) is 119 Å². The monoisotopic (exact) mass is 516 g/mol. The SMILES string of the molecule is C/C1=c2/cccc/c2=N/c2c(c3c4c(cc5c6ccc(-c7ccccc7)cc6n2c53)sc2ccccc24)CC1. The van der Waals surface area contributed by atoms with Gasteiger partial charge in [0, 0.05) is 41.9 Å². The van der Waals surface area contributed by atoms with Crippen LogP contribution >= 0.6 is 11.3 Å². The summed E-state index contributed by atoms with van der Waals surface area (Å²) in [6, 6.07) is 37.6. The fraction of sp³-hybridized carbons (Fsp3) is 0.0833. The summed E-state index contributed by atoms with van der Waals surface area (Å²) in [6.07, 6.45) is 2.02. The van der Waals surface area contributed by atoms with Gasteiger partial charge in [-0.3, -0.25) is 4.40 Å². The first-order valence-electron chi connectivity index (χ1n) is 13.6. The van der Waals surface area contributed by atoms with Gasteiger partial charge >= 0.3 is 0 Å². The van der Waals surface area contributed by atoms with Crippen LogP contribution in [0.15, 0.2) is 108 Å². The van der Waals surface area contributed by atoms with Crippen molar-refractivity contribution in [1.29, 1.82) is 0 Å². The van der Waals surface area contributed by atoms with E-state index in [1.165, 1.54) is 74.8 Å². The fourth-order valence-corrected chi connectivity index (χ4v) is 7.95. The van der Waals surface area contributed by atoms with Gasteiger partial charge in [0.15, 0.2) is 0 Å². The van der Waals surface area contributed by atoms with Gasteiger partial charge in [-0.2, -0.15) is 0 Å². The molecule has 2 nitrogen and oxygen atoms in total. The zero-order valence-electron chi connectivity index (χ0n) is 21.5. The molecule has 0 radical (unpaired) electrons. The first-order chi connectivity index (χ1) is 19.3. The summed E-state index contributed by atoms with van der Waals surface area (Å²) in [5.41, 5.74) is 7.82. The fourth-order valence-electron chi connectivity index (χ4n) is 6.80. The summed E-state index contributed by atoms with van der Waals surface area (Å²) in [6.45, 7) is 2.27. The summed E-state index contributed by atoms with van der Waals surface area (Å²) >= 11 is 1.91. The molecule has 0 saturated carbocycles. The second kappa shape index (κ2) is 7.78. The molecule has 0 atom stereocenters. The Kier molecular flexibility index (Phi) is 4.28. The summed E-state index contributed by atoms with van der Waals surface area (Å²) in [7, 11) is 0. The van der Waals surface area contributed by atoms with Crippen LogP contribution in [0.1, 0.15) is 18.9 Å². The number of thiophene rings is 1. The van der Waals surface area contributed by atoms with Crippen molar-refractivity contribution in [2.75, 3.05) is 0 Å². The van der Waals surface area contributed by atoms with Gasteiger partial charge in [-0.25, -0.2) is 4.99 Å². The van der Waals surface area contributed by atoms with Crippen molar-refractivity contribution in [1.82, 2.24) is 4.40 Å². The number of hydrogen-bond acceptors (Lipinski definition) is 2. The Morgan fingerprint density at radius 3 is 2.41 bits per heavy atom. The molecule has 0 N–H and O–H groups in total. The predicted molar refractivity (Wildman–Crippen MR) is 166 cm³/mol.